The lowest BCUT2D eigenvalue weighted by Crippen LogP contribution is -2.50. The minimum Gasteiger partial charge on any atom is -0.399 e. The van der Waals surface area contributed by atoms with Crippen LogP contribution < -0.4 is 0 Å². The molecule has 0 saturated carbocycles. The van der Waals surface area contributed by atoms with Gasteiger partial charge in [0.15, 0.2) is 0 Å². The maximum atomic E-state index is 13.4. The van der Waals surface area contributed by atoms with Gasteiger partial charge in [0.1, 0.15) is 13.2 Å². The summed E-state index contributed by atoms with van der Waals surface area (Å²) in [4.78, 5) is 34.9. The van der Waals surface area contributed by atoms with Gasteiger partial charge in [0.25, 0.3) is 5.91 Å². The van der Waals surface area contributed by atoms with E-state index in [1.54, 1.807) is 9.80 Å². The first-order chi connectivity index (χ1) is 15.5. The molecule has 0 spiro atoms. The van der Waals surface area contributed by atoms with Gasteiger partial charge in [-0.2, -0.15) is 0 Å². The first-order valence-corrected chi connectivity index (χ1v) is 11.0. The largest absolute Gasteiger partial charge is 0.399 e. The van der Waals surface area contributed by atoms with Gasteiger partial charge in [0, 0.05) is 25.1 Å². The molecule has 0 aliphatic carbocycles. The van der Waals surface area contributed by atoms with E-state index in [9.17, 15) is 14.7 Å². The molecule has 2 aromatic carbocycles. The van der Waals surface area contributed by atoms with Gasteiger partial charge in [0.05, 0.1) is 18.4 Å². The molecule has 0 radical (unpaired) electrons. The summed E-state index contributed by atoms with van der Waals surface area (Å²) in [6, 6.07) is 15.0. The Hall–Kier alpha value is -3.19. The van der Waals surface area contributed by atoms with Gasteiger partial charge in [-0.15, -0.1) is 0 Å². The third-order valence-corrected chi connectivity index (χ3v) is 6.29. The van der Waals surface area contributed by atoms with Gasteiger partial charge in [-0.05, 0) is 48.6 Å². The Morgan fingerprint density at radius 1 is 1.06 bits per heavy atom. The second-order valence-electron chi connectivity index (χ2n) is 8.44. The average Bonchev–Trinajstić information content (AvgIpc) is 3.23. The number of aliphatic hydroxyl groups is 1. The standard InChI is InChI=1S/C25H29N3O4/c1-17-5-3-4-6-22(17)18-7-9-19(10-8-18)24(30)28-16-20(26-32-2)15-23(28)25(31)27-13-11-21(29)12-14-27/h3-10,21,23,29H,11-16H2,1-2H3/b26-20-/t23-/m0/s1. The normalized spacial score (nSPS) is 20.6. The van der Waals surface area contributed by atoms with Gasteiger partial charge < -0.3 is 19.7 Å². The van der Waals surface area contributed by atoms with Crippen LogP contribution >= 0.6 is 0 Å². The number of benzene rings is 2. The molecule has 32 heavy (non-hydrogen) atoms. The zero-order valence-corrected chi connectivity index (χ0v) is 18.5. The number of piperidine rings is 1. The second kappa shape index (κ2) is 9.53. The van der Waals surface area contributed by atoms with Crippen molar-refractivity contribution in [2.75, 3.05) is 26.7 Å². The predicted molar refractivity (Wildman–Crippen MR) is 122 cm³/mol. The van der Waals surface area contributed by atoms with E-state index in [4.69, 9.17) is 4.84 Å². The molecule has 2 amide bonds. The van der Waals surface area contributed by atoms with E-state index in [-0.39, 0.29) is 24.5 Å². The van der Waals surface area contributed by atoms with Crippen LogP contribution in [0.1, 0.15) is 35.2 Å². The van der Waals surface area contributed by atoms with Gasteiger partial charge >= 0.3 is 0 Å². The number of nitrogens with zero attached hydrogens (tertiary/aromatic N) is 3. The quantitative estimate of drug-likeness (QED) is 0.749. The maximum Gasteiger partial charge on any atom is 0.254 e. The van der Waals surface area contributed by atoms with E-state index in [1.807, 2.05) is 36.4 Å². The van der Waals surface area contributed by atoms with Gasteiger partial charge in [-0.1, -0.05) is 41.6 Å². The van der Waals surface area contributed by atoms with Crippen LogP contribution in [-0.4, -0.2) is 71.3 Å². The number of likely N-dealkylation sites (tertiary alicyclic amines) is 2. The average molecular weight is 436 g/mol. The molecule has 0 aromatic heterocycles. The predicted octanol–water partition coefficient (Wildman–Crippen LogP) is 2.86. The summed E-state index contributed by atoms with van der Waals surface area (Å²) in [5.74, 6) is -0.291. The number of hydrogen-bond acceptors (Lipinski definition) is 5. The van der Waals surface area contributed by atoms with E-state index in [1.165, 1.54) is 12.7 Å². The lowest BCUT2D eigenvalue weighted by Gasteiger charge is -2.33. The third kappa shape index (κ3) is 4.53. The van der Waals surface area contributed by atoms with Crippen molar-refractivity contribution in [3.63, 3.8) is 0 Å². The number of carbonyl (C=O) groups is 2. The Balaban J connectivity index is 1.55. The lowest BCUT2D eigenvalue weighted by molar-refractivity contribution is -0.137. The van der Waals surface area contributed by atoms with Gasteiger partial charge in [-0.3, -0.25) is 9.59 Å². The van der Waals surface area contributed by atoms with Crippen LogP contribution in [0, 0.1) is 6.92 Å². The summed E-state index contributed by atoms with van der Waals surface area (Å²) in [6.45, 7) is 3.32. The van der Waals surface area contributed by atoms with E-state index in [0.717, 1.165) is 11.1 Å². The SMILES string of the molecule is CO/N=C1/C[C@@H](C(=O)N2CCC(O)CC2)N(C(=O)c2ccc(-c3ccccc3C)cc2)C1. The molecule has 2 fully saturated rings. The van der Waals surface area contributed by atoms with Crippen molar-refractivity contribution < 1.29 is 19.5 Å². The number of aliphatic hydroxyl groups excluding tert-OH is 1. The number of hydrogen-bond donors (Lipinski definition) is 1. The zero-order valence-electron chi connectivity index (χ0n) is 18.5. The minimum absolute atomic E-state index is 0.0944. The molecule has 0 bridgehead atoms. The fourth-order valence-corrected chi connectivity index (χ4v) is 4.49. The van der Waals surface area contributed by atoms with Crippen LogP contribution in [-0.2, 0) is 9.63 Å². The first kappa shape index (κ1) is 22.0. The van der Waals surface area contributed by atoms with Crippen molar-refractivity contribution in [3.05, 3.63) is 59.7 Å². The van der Waals surface area contributed by atoms with Gasteiger partial charge in [0.2, 0.25) is 5.91 Å². The fraction of sp³-hybridized carbons (Fsp3) is 0.400. The Morgan fingerprint density at radius 2 is 1.75 bits per heavy atom. The van der Waals surface area contributed by atoms with Crippen molar-refractivity contribution in [2.24, 2.45) is 5.16 Å². The Morgan fingerprint density at radius 3 is 2.41 bits per heavy atom. The van der Waals surface area contributed by atoms with Crippen molar-refractivity contribution in [1.29, 1.82) is 0 Å². The summed E-state index contributed by atoms with van der Waals surface area (Å²) < 4.78 is 0. The van der Waals surface area contributed by atoms with Crippen LogP contribution in [0.5, 0.6) is 0 Å². The van der Waals surface area contributed by atoms with E-state index in [2.05, 4.69) is 24.2 Å². The zero-order chi connectivity index (χ0) is 22.7. The highest BCUT2D eigenvalue weighted by atomic mass is 16.6. The minimum atomic E-state index is -0.609. The molecule has 2 aliphatic rings. The summed E-state index contributed by atoms with van der Waals surface area (Å²) in [5, 5.41) is 13.8. The number of amides is 2. The maximum absolute atomic E-state index is 13.4. The van der Waals surface area contributed by atoms with E-state index >= 15 is 0 Å². The van der Waals surface area contributed by atoms with Crippen molar-refractivity contribution >= 4 is 17.5 Å². The molecule has 1 N–H and O–H groups in total. The molecule has 2 aromatic rings. The van der Waals surface area contributed by atoms with Crippen LogP contribution in [0.2, 0.25) is 0 Å². The summed E-state index contributed by atoms with van der Waals surface area (Å²) in [5.41, 5.74) is 4.55. The molecule has 2 saturated heterocycles. The topological polar surface area (TPSA) is 82.4 Å². The third-order valence-electron chi connectivity index (χ3n) is 6.29. The Bertz CT molecular complexity index is 1010. The molecule has 2 aliphatic heterocycles. The number of aryl methyl sites for hydroxylation is 1. The van der Waals surface area contributed by atoms with Crippen LogP contribution in [0.15, 0.2) is 53.7 Å². The monoisotopic (exact) mass is 435 g/mol. The number of oxime groups is 1. The van der Waals surface area contributed by atoms with Crippen molar-refractivity contribution in [1.82, 2.24) is 9.80 Å². The van der Waals surface area contributed by atoms with Gasteiger partial charge in [-0.25, -0.2) is 0 Å². The Kier molecular flexibility index (Phi) is 6.55. The molecule has 7 heteroatoms. The number of carbonyl (C=O) groups excluding carboxylic acids is 2. The Labute approximate surface area is 188 Å². The van der Waals surface area contributed by atoms with E-state index < -0.39 is 6.04 Å². The van der Waals surface area contributed by atoms with Crippen LogP contribution in [0.4, 0.5) is 0 Å². The molecule has 168 valence electrons. The summed E-state index contributed by atoms with van der Waals surface area (Å²) in [7, 11) is 1.46. The van der Waals surface area contributed by atoms with E-state index in [0.29, 0.717) is 43.6 Å². The van der Waals surface area contributed by atoms with Crippen LogP contribution in [0.3, 0.4) is 0 Å². The second-order valence-corrected chi connectivity index (χ2v) is 8.44. The molecular weight excluding hydrogens is 406 g/mol. The van der Waals surface area contributed by atoms with Crippen LogP contribution in [0.25, 0.3) is 11.1 Å². The highest BCUT2D eigenvalue weighted by Gasteiger charge is 2.41. The molecule has 4 rings (SSSR count). The first-order valence-electron chi connectivity index (χ1n) is 11.0. The highest BCUT2D eigenvalue weighted by Crippen LogP contribution is 2.26. The molecular formula is C25H29N3O4. The molecule has 1 atom stereocenters. The fourth-order valence-electron chi connectivity index (χ4n) is 4.49. The molecule has 0 unspecified atom stereocenters. The van der Waals surface area contributed by atoms with Crippen molar-refractivity contribution in [2.45, 2.75) is 38.3 Å². The smallest absolute Gasteiger partial charge is 0.254 e. The molecule has 7 nitrogen and oxygen atoms in total. The van der Waals surface area contributed by atoms with Crippen molar-refractivity contribution in [3.8, 4) is 11.1 Å². The highest BCUT2D eigenvalue weighted by molar-refractivity contribution is 6.05. The number of rotatable bonds is 4. The lowest BCUT2D eigenvalue weighted by atomic mass is 9.99. The molecule has 2 heterocycles. The summed E-state index contributed by atoms with van der Waals surface area (Å²) >= 11 is 0. The summed E-state index contributed by atoms with van der Waals surface area (Å²) in [6.07, 6.45) is 1.12.